The van der Waals surface area contributed by atoms with Gasteiger partial charge in [-0.2, -0.15) is 4.98 Å². The molecule has 2 N–H and O–H groups in total. The van der Waals surface area contributed by atoms with Crippen molar-refractivity contribution < 1.29 is 19.5 Å². The maximum Gasteiger partial charge on any atom is 0.351 e. The number of carbonyl (C=O) groups excluding carboxylic acids is 1. The molecule has 0 saturated carbocycles. The van der Waals surface area contributed by atoms with Crippen molar-refractivity contribution in [2.45, 2.75) is 25.2 Å². The summed E-state index contributed by atoms with van der Waals surface area (Å²) in [6.45, 7) is 0.128. The van der Waals surface area contributed by atoms with Gasteiger partial charge >= 0.3 is 11.7 Å². The first-order chi connectivity index (χ1) is 11.7. The SMILES string of the molecule is O=C(OCC1CCC(n2ccc(NO)nc2=O)O1)c1ccccc1. The van der Waals surface area contributed by atoms with Gasteiger partial charge in [0.15, 0.2) is 5.82 Å². The van der Waals surface area contributed by atoms with Gasteiger partial charge in [-0.05, 0) is 31.0 Å². The Morgan fingerprint density at radius 1 is 1.33 bits per heavy atom. The Hall–Kier alpha value is -2.71. The molecule has 0 bridgehead atoms. The van der Waals surface area contributed by atoms with E-state index < -0.39 is 17.9 Å². The van der Waals surface area contributed by atoms with Crippen LogP contribution < -0.4 is 11.2 Å². The largest absolute Gasteiger partial charge is 0.459 e. The molecule has 126 valence electrons. The van der Waals surface area contributed by atoms with E-state index in [-0.39, 0.29) is 18.5 Å². The number of nitrogens with one attached hydrogen (secondary N) is 1. The number of benzene rings is 1. The highest BCUT2D eigenvalue weighted by atomic mass is 16.6. The minimum absolute atomic E-state index is 0.0718. The van der Waals surface area contributed by atoms with Crippen molar-refractivity contribution >= 4 is 11.8 Å². The number of rotatable bonds is 5. The monoisotopic (exact) mass is 331 g/mol. The van der Waals surface area contributed by atoms with Crippen molar-refractivity contribution in [1.82, 2.24) is 9.55 Å². The van der Waals surface area contributed by atoms with E-state index in [0.29, 0.717) is 18.4 Å². The molecule has 2 atom stereocenters. The zero-order valence-corrected chi connectivity index (χ0v) is 12.8. The molecule has 0 spiro atoms. The average molecular weight is 331 g/mol. The first kappa shape index (κ1) is 16.2. The van der Waals surface area contributed by atoms with E-state index in [4.69, 9.17) is 14.7 Å². The fourth-order valence-corrected chi connectivity index (χ4v) is 2.53. The lowest BCUT2D eigenvalue weighted by Crippen LogP contribution is -2.28. The maximum absolute atomic E-state index is 11.9. The maximum atomic E-state index is 11.9. The molecule has 3 rings (SSSR count). The molecule has 8 heteroatoms. The normalized spacial score (nSPS) is 19.9. The minimum atomic E-state index is -0.527. The van der Waals surface area contributed by atoms with Crippen molar-refractivity contribution in [1.29, 1.82) is 0 Å². The highest BCUT2D eigenvalue weighted by Crippen LogP contribution is 2.27. The van der Waals surface area contributed by atoms with Crippen LogP contribution in [0.15, 0.2) is 47.4 Å². The Morgan fingerprint density at radius 2 is 2.12 bits per heavy atom. The summed E-state index contributed by atoms with van der Waals surface area (Å²) < 4.78 is 12.4. The van der Waals surface area contributed by atoms with E-state index in [1.54, 1.807) is 24.3 Å². The van der Waals surface area contributed by atoms with Crippen LogP contribution in [0.2, 0.25) is 0 Å². The second kappa shape index (κ2) is 7.24. The van der Waals surface area contributed by atoms with Gasteiger partial charge in [-0.3, -0.25) is 15.3 Å². The highest BCUT2D eigenvalue weighted by molar-refractivity contribution is 5.89. The lowest BCUT2D eigenvalue weighted by atomic mass is 10.2. The predicted molar refractivity (Wildman–Crippen MR) is 83.8 cm³/mol. The summed E-state index contributed by atoms with van der Waals surface area (Å²) in [5.41, 5.74) is 1.78. The molecule has 8 nitrogen and oxygen atoms in total. The topological polar surface area (TPSA) is 103 Å². The molecule has 0 aliphatic carbocycles. The first-order valence-electron chi connectivity index (χ1n) is 7.54. The van der Waals surface area contributed by atoms with Crippen LogP contribution in [0.25, 0.3) is 0 Å². The third kappa shape index (κ3) is 3.61. The smallest absolute Gasteiger partial charge is 0.351 e. The van der Waals surface area contributed by atoms with Crippen LogP contribution in [0.3, 0.4) is 0 Å². The Bertz CT molecular complexity index is 762. The van der Waals surface area contributed by atoms with Crippen molar-refractivity contribution in [2.24, 2.45) is 0 Å². The zero-order chi connectivity index (χ0) is 16.9. The summed E-state index contributed by atoms with van der Waals surface area (Å²) >= 11 is 0. The molecule has 1 aliphatic heterocycles. The van der Waals surface area contributed by atoms with Crippen LogP contribution in [0.5, 0.6) is 0 Å². The van der Waals surface area contributed by atoms with E-state index in [0.717, 1.165) is 0 Å². The van der Waals surface area contributed by atoms with Crippen LogP contribution in [0.4, 0.5) is 5.82 Å². The molecule has 1 aromatic heterocycles. The lowest BCUT2D eigenvalue weighted by molar-refractivity contribution is -0.0339. The van der Waals surface area contributed by atoms with E-state index in [9.17, 15) is 9.59 Å². The Balaban J connectivity index is 1.56. The lowest BCUT2D eigenvalue weighted by Gasteiger charge is -2.16. The fourth-order valence-electron chi connectivity index (χ4n) is 2.53. The number of ether oxygens (including phenoxy) is 2. The summed E-state index contributed by atoms with van der Waals surface area (Å²) in [5.74, 6) is -0.331. The van der Waals surface area contributed by atoms with Gasteiger partial charge in [0.1, 0.15) is 12.8 Å². The average Bonchev–Trinajstić information content (AvgIpc) is 3.09. The fraction of sp³-hybridized carbons (Fsp3) is 0.312. The molecule has 1 aliphatic rings. The highest BCUT2D eigenvalue weighted by Gasteiger charge is 2.28. The molecule has 0 amide bonds. The third-order valence-corrected chi connectivity index (χ3v) is 3.75. The van der Waals surface area contributed by atoms with Gasteiger partial charge < -0.3 is 9.47 Å². The van der Waals surface area contributed by atoms with Crippen LogP contribution in [0.1, 0.15) is 29.4 Å². The van der Waals surface area contributed by atoms with Gasteiger partial charge in [-0.15, -0.1) is 0 Å². The van der Waals surface area contributed by atoms with Gasteiger partial charge in [0.05, 0.1) is 11.7 Å². The van der Waals surface area contributed by atoms with Crippen LogP contribution in [-0.2, 0) is 9.47 Å². The number of anilines is 1. The third-order valence-electron chi connectivity index (χ3n) is 3.75. The number of carbonyl (C=O) groups is 1. The number of hydrogen-bond acceptors (Lipinski definition) is 7. The molecule has 1 aromatic carbocycles. The number of aromatic nitrogens is 2. The number of nitrogens with zero attached hydrogens (tertiary/aromatic N) is 2. The van der Waals surface area contributed by atoms with Gasteiger partial charge in [-0.25, -0.2) is 9.59 Å². The van der Waals surface area contributed by atoms with E-state index in [1.807, 2.05) is 11.5 Å². The molecule has 1 fully saturated rings. The molecule has 2 aromatic rings. The zero-order valence-electron chi connectivity index (χ0n) is 12.8. The predicted octanol–water partition coefficient (Wildman–Crippen LogP) is 1.58. The van der Waals surface area contributed by atoms with E-state index in [1.165, 1.54) is 16.8 Å². The van der Waals surface area contributed by atoms with Gasteiger partial charge in [0.2, 0.25) is 0 Å². The van der Waals surface area contributed by atoms with Crippen molar-refractivity contribution in [2.75, 3.05) is 12.1 Å². The Kier molecular flexibility index (Phi) is 4.88. The summed E-state index contributed by atoms with van der Waals surface area (Å²) in [6, 6.07) is 10.2. The summed E-state index contributed by atoms with van der Waals surface area (Å²) in [6.07, 6.45) is 2.04. The number of hydrogen-bond donors (Lipinski definition) is 2. The molecular formula is C16H17N3O5. The standard InChI is InChI=1S/C16H17N3O5/c20-15(11-4-2-1-3-5-11)23-10-12-6-7-14(24-12)19-9-8-13(18-22)17-16(19)21/h1-5,8-9,12,14,22H,6-7,10H2,(H,17,18,21). The second-order valence-electron chi connectivity index (χ2n) is 5.37. The van der Waals surface area contributed by atoms with Crippen molar-refractivity contribution in [3.8, 4) is 0 Å². The van der Waals surface area contributed by atoms with Crippen LogP contribution in [0, 0.1) is 0 Å². The van der Waals surface area contributed by atoms with Crippen LogP contribution in [-0.4, -0.2) is 33.4 Å². The van der Waals surface area contributed by atoms with E-state index in [2.05, 4.69) is 4.98 Å². The molecule has 0 radical (unpaired) electrons. The summed E-state index contributed by atoms with van der Waals surface area (Å²) in [7, 11) is 0. The molecule has 24 heavy (non-hydrogen) atoms. The summed E-state index contributed by atoms with van der Waals surface area (Å²) in [5, 5.41) is 8.74. The summed E-state index contributed by atoms with van der Waals surface area (Å²) in [4.78, 5) is 27.4. The van der Waals surface area contributed by atoms with Gasteiger partial charge in [0.25, 0.3) is 0 Å². The first-order valence-corrected chi connectivity index (χ1v) is 7.54. The molecule has 2 heterocycles. The molecular weight excluding hydrogens is 314 g/mol. The minimum Gasteiger partial charge on any atom is -0.459 e. The molecule has 2 unspecified atom stereocenters. The van der Waals surface area contributed by atoms with Gasteiger partial charge in [-0.1, -0.05) is 18.2 Å². The van der Waals surface area contributed by atoms with Gasteiger partial charge in [0, 0.05) is 6.20 Å². The number of esters is 1. The van der Waals surface area contributed by atoms with E-state index >= 15 is 0 Å². The second-order valence-corrected chi connectivity index (χ2v) is 5.37. The van der Waals surface area contributed by atoms with Crippen LogP contribution >= 0.6 is 0 Å². The van der Waals surface area contributed by atoms with Crippen molar-refractivity contribution in [3.63, 3.8) is 0 Å². The van der Waals surface area contributed by atoms with Crippen molar-refractivity contribution in [3.05, 3.63) is 58.6 Å². The Morgan fingerprint density at radius 3 is 2.83 bits per heavy atom. The molecule has 1 saturated heterocycles. The quantitative estimate of drug-likeness (QED) is 0.633. The Labute approximate surface area is 137 Å².